The Kier molecular flexibility index (Phi) is 3.61. The molecule has 0 aliphatic heterocycles. The maximum Gasteiger partial charge on any atom is 0.341 e. The summed E-state index contributed by atoms with van der Waals surface area (Å²) in [6.07, 6.45) is 0. The molecule has 0 aliphatic carbocycles. The van der Waals surface area contributed by atoms with Gasteiger partial charge >= 0.3 is 5.97 Å². The summed E-state index contributed by atoms with van der Waals surface area (Å²) in [5, 5.41) is 2.04. The van der Waals surface area contributed by atoms with Gasteiger partial charge in [-0.1, -0.05) is 20.8 Å². The highest BCUT2D eigenvalue weighted by Crippen LogP contribution is 2.10. The quantitative estimate of drug-likeness (QED) is 0.446. The topological polar surface area (TPSA) is 55.7 Å². The van der Waals surface area contributed by atoms with Gasteiger partial charge in [-0.3, -0.25) is 4.84 Å². The van der Waals surface area contributed by atoms with Gasteiger partial charge in [0.05, 0.1) is 5.92 Å². The van der Waals surface area contributed by atoms with Crippen molar-refractivity contribution in [2.75, 3.05) is 0 Å². The van der Waals surface area contributed by atoms with Crippen LogP contribution in [0.2, 0.25) is 0 Å². The Labute approximate surface area is 59.5 Å². The second-order valence-corrected chi connectivity index (χ2v) is 2.52. The van der Waals surface area contributed by atoms with Crippen LogP contribution >= 0.6 is 0 Å². The fourth-order valence-electron chi connectivity index (χ4n) is 0.392. The van der Waals surface area contributed by atoms with E-state index in [-0.39, 0.29) is 11.8 Å². The Bertz CT molecular complexity index is 133. The first kappa shape index (κ1) is 9.07. The number of hydrogen-bond donors (Lipinski definition) is 0. The van der Waals surface area contributed by atoms with E-state index in [2.05, 4.69) is 4.84 Å². The van der Waals surface area contributed by atoms with Gasteiger partial charge in [-0.2, -0.15) is 0 Å². The van der Waals surface area contributed by atoms with Crippen LogP contribution in [0.1, 0.15) is 20.8 Å². The minimum Gasteiger partial charge on any atom is -0.284 e. The molecule has 0 N–H and O–H groups in total. The van der Waals surface area contributed by atoms with Crippen LogP contribution in [0.4, 0.5) is 0 Å². The molecule has 1 unspecified atom stereocenters. The largest absolute Gasteiger partial charge is 0.341 e. The summed E-state index contributed by atoms with van der Waals surface area (Å²) in [7, 11) is 0. The molecule has 0 heterocycles. The van der Waals surface area contributed by atoms with Crippen molar-refractivity contribution in [1.29, 1.82) is 0 Å². The van der Waals surface area contributed by atoms with E-state index in [1.807, 2.05) is 19.2 Å². The van der Waals surface area contributed by atoms with Crippen molar-refractivity contribution in [3.8, 4) is 0 Å². The first-order valence-electron chi connectivity index (χ1n) is 3.13. The zero-order valence-corrected chi connectivity index (χ0v) is 6.33. The van der Waals surface area contributed by atoms with Gasteiger partial charge in [0.2, 0.25) is 0 Å². The third-order valence-corrected chi connectivity index (χ3v) is 1.50. The molecule has 0 aromatic rings. The number of hydrogen-bond acceptors (Lipinski definition) is 4. The van der Waals surface area contributed by atoms with Gasteiger partial charge in [0.15, 0.2) is 5.34 Å². The average molecular weight is 145 g/mol. The van der Waals surface area contributed by atoms with Crippen LogP contribution in [0.25, 0.3) is 0 Å². The summed E-state index contributed by atoms with van der Waals surface area (Å²) >= 11 is 0. The molecule has 0 saturated heterocycles. The lowest BCUT2D eigenvalue weighted by Gasteiger charge is -2.09. The molecule has 0 aromatic carbocycles. The van der Waals surface area contributed by atoms with Crippen molar-refractivity contribution in [1.82, 2.24) is 0 Å². The monoisotopic (exact) mass is 145 g/mol. The van der Waals surface area contributed by atoms with Crippen molar-refractivity contribution in [3.05, 3.63) is 4.91 Å². The van der Waals surface area contributed by atoms with E-state index < -0.39 is 5.97 Å². The van der Waals surface area contributed by atoms with E-state index >= 15 is 0 Å². The lowest BCUT2D eigenvalue weighted by atomic mass is 9.99. The van der Waals surface area contributed by atoms with Gasteiger partial charge in [0.25, 0.3) is 0 Å². The Hall–Kier alpha value is -0.930. The molecule has 1 atom stereocenters. The van der Waals surface area contributed by atoms with E-state index in [0.717, 1.165) is 0 Å². The fourth-order valence-corrected chi connectivity index (χ4v) is 0.392. The summed E-state index contributed by atoms with van der Waals surface area (Å²) in [4.78, 5) is 24.0. The molecule has 0 rings (SSSR count). The van der Waals surface area contributed by atoms with Crippen LogP contribution in [0.15, 0.2) is 5.34 Å². The highest BCUT2D eigenvalue weighted by Gasteiger charge is 2.18. The Morgan fingerprint density at radius 1 is 1.40 bits per heavy atom. The summed E-state index contributed by atoms with van der Waals surface area (Å²) in [6, 6.07) is 0. The molecule has 0 radical (unpaired) electrons. The van der Waals surface area contributed by atoms with Gasteiger partial charge < -0.3 is 0 Å². The van der Waals surface area contributed by atoms with E-state index in [1.165, 1.54) is 0 Å². The van der Waals surface area contributed by atoms with Crippen molar-refractivity contribution in [2.45, 2.75) is 20.8 Å². The van der Waals surface area contributed by atoms with Crippen LogP contribution in [0.3, 0.4) is 0 Å². The summed E-state index contributed by atoms with van der Waals surface area (Å²) in [5.74, 6) is -0.656. The van der Waals surface area contributed by atoms with Crippen molar-refractivity contribution in [2.24, 2.45) is 17.2 Å². The van der Waals surface area contributed by atoms with E-state index in [9.17, 15) is 9.70 Å². The predicted octanol–water partition coefficient (Wildman–Crippen LogP) is 1.50. The van der Waals surface area contributed by atoms with Crippen molar-refractivity contribution >= 4 is 5.97 Å². The molecule has 0 spiro atoms. The Balaban J connectivity index is 3.81. The van der Waals surface area contributed by atoms with Crippen LogP contribution in [-0.2, 0) is 9.63 Å². The molecule has 4 heteroatoms. The number of rotatable bonds is 3. The highest BCUT2D eigenvalue weighted by atomic mass is 16.7. The van der Waals surface area contributed by atoms with E-state index in [0.29, 0.717) is 0 Å². The van der Waals surface area contributed by atoms with Gasteiger partial charge in [0, 0.05) is 0 Å². The molecule has 0 bridgehead atoms. The van der Waals surface area contributed by atoms with Gasteiger partial charge in [0.1, 0.15) is 0 Å². The molecule has 4 nitrogen and oxygen atoms in total. The molecule has 0 saturated carbocycles. The first-order valence-corrected chi connectivity index (χ1v) is 3.13. The number of carbonyl (C=O) groups excluding carboxylic acids is 1. The molecule has 0 aliphatic rings. The van der Waals surface area contributed by atoms with Crippen molar-refractivity contribution in [3.63, 3.8) is 0 Å². The second-order valence-electron chi connectivity index (χ2n) is 2.52. The minimum absolute atomic E-state index is 0.175. The minimum atomic E-state index is -0.565. The molecule has 10 heavy (non-hydrogen) atoms. The summed E-state index contributed by atoms with van der Waals surface area (Å²) < 4.78 is 0. The van der Waals surface area contributed by atoms with Crippen LogP contribution < -0.4 is 0 Å². The normalized spacial score (nSPS) is 12.8. The molecule has 0 aromatic heterocycles. The SMILES string of the molecule is CC(C)C(C)C(=O)ON=O. The Morgan fingerprint density at radius 2 is 1.90 bits per heavy atom. The number of nitrogens with zero attached hydrogens (tertiary/aromatic N) is 1. The third kappa shape index (κ3) is 2.57. The van der Waals surface area contributed by atoms with Gasteiger partial charge in [-0.15, -0.1) is 4.91 Å². The number of carbonyl (C=O) groups is 1. The molecule has 58 valence electrons. The lowest BCUT2D eigenvalue weighted by molar-refractivity contribution is -0.149. The molecule has 0 amide bonds. The standard InChI is InChI=1S/C6H11NO3/c1-4(2)5(3)6(8)10-7-9/h4-5H,1-3H3. The Morgan fingerprint density at radius 3 is 2.20 bits per heavy atom. The maximum absolute atomic E-state index is 10.7. The average Bonchev–Trinajstić information content (AvgIpc) is 1.87. The lowest BCUT2D eigenvalue weighted by Crippen LogP contribution is -2.17. The maximum atomic E-state index is 10.7. The van der Waals surface area contributed by atoms with E-state index in [4.69, 9.17) is 0 Å². The summed E-state index contributed by atoms with van der Waals surface area (Å²) in [6.45, 7) is 5.44. The van der Waals surface area contributed by atoms with Crippen LogP contribution in [0.5, 0.6) is 0 Å². The highest BCUT2D eigenvalue weighted by molar-refractivity contribution is 5.71. The molecule has 0 fully saturated rings. The van der Waals surface area contributed by atoms with E-state index in [1.54, 1.807) is 6.92 Å². The fraction of sp³-hybridized carbons (Fsp3) is 0.833. The molecular formula is C6H11NO3. The zero-order chi connectivity index (χ0) is 8.15. The first-order chi connectivity index (χ1) is 4.59. The van der Waals surface area contributed by atoms with Crippen molar-refractivity contribution < 1.29 is 9.63 Å². The van der Waals surface area contributed by atoms with Crippen LogP contribution in [0, 0.1) is 16.7 Å². The molecular weight excluding hydrogens is 134 g/mol. The van der Waals surface area contributed by atoms with Gasteiger partial charge in [-0.05, 0) is 5.92 Å². The second kappa shape index (κ2) is 3.98. The van der Waals surface area contributed by atoms with Crippen LogP contribution in [-0.4, -0.2) is 5.97 Å². The predicted molar refractivity (Wildman–Crippen MR) is 35.9 cm³/mol. The van der Waals surface area contributed by atoms with Gasteiger partial charge in [-0.25, -0.2) is 4.79 Å². The third-order valence-electron chi connectivity index (χ3n) is 1.50. The zero-order valence-electron chi connectivity index (χ0n) is 6.33. The smallest absolute Gasteiger partial charge is 0.284 e. The summed E-state index contributed by atoms with van der Waals surface area (Å²) in [5.41, 5.74) is 0.